The number of nitrogens with zero attached hydrogens (tertiary/aromatic N) is 3. The molecule has 0 radical (unpaired) electrons. The fourth-order valence-corrected chi connectivity index (χ4v) is 5.15. The highest BCUT2D eigenvalue weighted by Gasteiger charge is 2.28. The van der Waals surface area contributed by atoms with E-state index in [-0.39, 0.29) is 23.2 Å². The third-order valence-corrected chi connectivity index (χ3v) is 7.47. The first kappa shape index (κ1) is 20.8. The summed E-state index contributed by atoms with van der Waals surface area (Å²) in [6.45, 7) is 2.09. The van der Waals surface area contributed by atoms with Crippen LogP contribution in [0.4, 0.5) is 4.39 Å². The van der Waals surface area contributed by atoms with Crippen molar-refractivity contribution in [2.24, 2.45) is 0 Å². The van der Waals surface area contributed by atoms with Crippen molar-refractivity contribution >= 4 is 20.0 Å². The topological polar surface area (TPSA) is 122 Å². The summed E-state index contributed by atoms with van der Waals surface area (Å²) in [6.07, 6.45) is 2.28. The highest BCUT2D eigenvalue weighted by atomic mass is 32.2. The van der Waals surface area contributed by atoms with E-state index >= 15 is 0 Å². The quantitative estimate of drug-likeness (QED) is 0.726. The second-order valence-corrected chi connectivity index (χ2v) is 10.4. The molecule has 1 saturated heterocycles. The van der Waals surface area contributed by atoms with E-state index in [1.807, 2.05) is 0 Å². The zero-order chi connectivity index (χ0) is 20.5. The molecule has 154 valence electrons. The van der Waals surface area contributed by atoms with Crippen molar-refractivity contribution in [3.8, 4) is 0 Å². The van der Waals surface area contributed by atoms with Gasteiger partial charge in [0.05, 0.1) is 17.7 Å². The molecule has 2 aromatic rings. The van der Waals surface area contributed by atoms with Gasteiger partial charge in [0, 0.05) is 19.0 Å². The summed E-state index contributed by atoms with van der Waals surface area (Å²) >= 11 is 0. The minimum absolute atomic E-state index is 0.0578. The third-order valence-electron chi connectivity index (χ3n) is 4.63. The lowest BCUT2D eigenvalue weighted by atomic mass is 9.98. The first-order chi connectivity index (χ1) is 13.1. The van der Waals surface area contributed by atoms with Crippen LogP contribution >= 0.6 is 0 Å². The van der Waals surface area contributed by atoms with Gasteiger partial charge in [-0.15, -0.1) is 0 Å². The van der Waals surface area contributed by atoms with E-state index < -0.39 is 25.9 Å². The summed E-state index contributed by atoms with van der Waals surface area (Å²) in [7, 11) is -7.16. The van der Waals surface area contributed by atoms with Crippen molar-refractivity contribution in [3.63, 3.8) is 0 Å². The molecule has 1 aromatic heterocycles. The molecule has 0 amide bonds. The van der Waals surface area contributed by atoms with Crippen molar-refractivity contribution < 1.29 is 25.7 Å². The average molecular weight is 432 g/mol. The maximum absolute atomic E-state index is 13.4. The van der Waals surface area contributed by atoms with Crippen LogP contribution in [0.2, 0.25) is 0 Å². The minimum atomic E-state index is -3.94. The molecule has 0 bridgehead atoms. The Balaban J connectivity index is 1.63. The smallest absolute Gasteiger partial charge is 0.241 e. The van der Waals surface area contributed by atoms with Crippen molar-refractivity contribution in [1.29, 1.82) is 0 Å². The van der Waals surface area contributed by atoms with E-state index in [0.717, 1.165) is 6.07 Å². The van der Waals surface area contributed by atoms with Crippen LogP contribution in [0.3, 0.4) is 0 Å². The zero-order valence-electron chi connectivity index (χ0n) is 15.4. The van der Waals surface area contributed by atoms with E-state index in [0.29, 0.717) is 37.3 Å². The predicted molar refractivity (Wildman–Crippen MR) is 97.9 cm³/mol. The number of halogens is 1. The van der Waals surface area contributed by atoms with Crippen LogP contribution in [0.15, 0.2) is 27.6 Å². The molecular formula is C16H21FN4O5S2. The molecule has 1 aromatic carbocycles. The highest BCUT2D eigenvalue weighted by molar-refractivity contribution is 7.89. The number of sulfonamides is 2. The Hall–Kier alpha value is -1.89. The van der Waals surface area contributed by atoms with Crippen molar-refractivity contribution in [1.82, 2.24) is 19.2 Å². The largest absolute Gasteiger partial charge is 0.338 e. The van der Waals surface area contributed by atoms with Crippen LogP contribution in [0.25, 0.3) is 0 Å². The zero-order valence-corrected chi connectivity index (χ0v) is 17.1. The summed E-state index contributed by atoms with van der Waals surface area (Å²) < 4.78 is 70.1. The second kappa shape index (κ2) is 7.85. The summed E-state index contributed by atoms with van der Waals surface area (Å²) in [5.41, 5.74) is 0.415. The number of piperidine rings is 1. The van der Waals surface area contributed by atoms with Gasteiger partial charge in [-0.2, -0.15) is 4.98 Å². The number of aryl methyl sites for hydroxylation is 1. The summed E-state index contributed by atoms with van der Waals surface area (Å²) in [6, 6.07) is 3.53. The molecule has 1 N–H and O–H groups in total. The van der Waals surface area contributed by atoms with Gasteiger partial charge in [0.2, 0.25) is 25.9 Å². The van der Waals surface area contributed by atoms with Gasteiger partial charge in [-0.3, -0.25) is 0 Å². The van der Waals surface area contributed by atoms with Crippen molar-refractivity contribution in [3.05, 3.63) is 41.3 Å². The Bertz CT molecular complexity index is 1060. The average Bonchev–Trinajstić information content (AvgIpc) is 3.10. The Labute approximate surface area is 163 Å². The van der Waals surface area contributed by atoms with Crippen molar-refractivity contribution in [2.45, 2.75) is 37.1 Å². The molecule has 1 aliphatic rings. The van der Waals surface area contributed by atoms with Gasteiger partial charge in [-0.25, -0.2) is 30.3 Å². The number of rotatable bonds is 6. The normalized spacial score (nSPS) is 17.1. The Morgan fingerprint density at radius 2 is 1.93 bits per heavy atom. The molecule has 28 heavy (non-hydrogen) atoms. The first-order valence-electron chi connectivity index (χ1n) is 8.60. The van der Waals surface area contributed by atoms with Crippen LogP contribution in [-0.4, -0.2) is 50.6 Å². The van der Waals surface area contributed by atoms with Gasteiger partial charge in [-0.1, -0.05) is 11.2 Å². The van der Waals surface area contributed by atoms with E-state index in [2.05, 4.69) is 14.9 Å². The van der Waals surface area contributed by atoms with Gasteiger partial charge in [-0.05, 0) is 37.5 Å². The fourth-order valence-electron chi connectivity index (χ4n) is 3.05. The maximum Gasteiger partial charge on any atom is 0.241 e. The molecular weight excluding hydrogens is 411 g/mol. The predicted octanol–water partition coefficient (Wildman–Crippen LogP) is 1.13. The minimum Gasteiger partial charge on any atom is -0.338 e. The van der Waals surface area contributed by atoms with Gasteiger partial charge in [0.25, 0.3) is 0 Å². The molecule has 1 fully saturated rings. The number of benzene rings is 1. The molecule has 0 atom stereocenters. The van der Waals surface area contributed by atoms with E-state index in [4.69, 9.17) is 4.52 Å². The number of aromatic nitrogens is 2. The lowest BCUT2D eigenvalue weighted by Crippen LogP contribution is -2.37. The van der Waals surface area contributed by atoms with Gasteiger partial charge >= 0.3 is 0 Å². The molecule has 9 nitrogen and oxygen atoms in total. The monoisotopic (exact) mass is 432 g/mol. The number of nitrogens with one attached hydrogen (secondary N) is 1. The second-order valence-electron chi connectivity index (χ2n) is 6.72. The standard InChI is InChI=1S/C16H21FN4O5S2/c1-11-3-4-13(17)9-14(11)28(24,25)18-10-15-19-16(20-26-15)12-5-7-21(8-6-12)27(2,22)23/h3-4,9,12,18H,5-8,10H2,1-2H3. The number of hydrogen-bond acceptors (Lipinski definition) is 7. The van der Waals surface area contributed by atoms with Crippen molar-refractivity contribution in [2.75, 3.05) is 19.3 Å². The summed E-state index contributed by atoms with van der Waals surface area (Å²) in [4.78, 5) is 4.06. The summed E-state index contributed by atoms with van der Waals surface area (Å²) in [5, 5.41) is 3.88. The van der Waals surface area contributed by atoms with E-state index in [1.165, 1.54) is 22.7 Å². The molecule has 2 heterocycles. The van der Waals surface area contributed by atoms with Crippen LogP contribution in [0.1, 0.15) is 36.0 Å². The number of hydrogen-bond donors (Lipinski definition) is 1. The van der Waals surface area contributed by atoms with Crippen LogP contribution in [0.5, 0.6) is 0 Å². The highest BCUT2D eigenvalue weighted by Crippen LogP contribution is 2.27. The first-order valence-corrected chi connectivity index (χ1v) is 11.9. The third kappa shape index (κ3) is 4.74. The van der Waals surface area contributed by atoms with Crippen LogP contribution in [0, 0.1) is 12.7 Å². The van der Waals surface area contributed by atoms with Crippen LogP contribution in [-0.2, 0) is 26.6 Å². The maximum atomic E-state index is 13.4. The molecule has 0 unspecified atom stereocenters. The molecule has 0 spiro atoms. The lowest BCUT2D eigenvalue weighted by molar-refractivity contribution is 0.306. The Kier molecular flexibility index (Phi) is 5.84. The molecule has 0 aliphatic carbocycles. The molecule has 1 aliphatic heterocycles. The summed E-state index contributed by atoms with van der Waals surface area (Å²) in [5.74, 6) is -0.202. The van der Waals surface area contributed by atoms with E-state index in [9.17, 15) is 21.2 Å². The Morgan fingerprint density at radius 3 is 2.57 bits per heavy atom. The molecule has 12 heteroatoms. The Morgan fingerprint density at radius 1 is 1.25 bits per heavy atom. The van der Waals surface area contributed by atoms with Crippen LogP contribution < -0.4 is 4.72 Å². The van der Waals surface area contributed by atoms with Gasteiger partial charge in [0.1, 0.15) is 5.82 Å². The molecule has 0 saturated carbocycles. The SMILES string of the molecule is Cc1ccc(F)cc1S(=O)(=O)NCc1nc(C2CCN(S(C)(=O)=O)CC2)no1. The van der Waals surface area contributed by atoms with Gasteiger partial charge in [0.15, 0.2) is 5.82 Å². The molecule has 3 rings (SSSR count). The lowest BCUT2D eigenvalue weighted by Gasteiger charge is -2.28. The van der Waals surface area contributed by atoms with E-state index in [1.54, 1.807) is 6.92 Å². The van der Waals surface area contributed by atoms with Gasteiger partial charge < -0.3 is 4.52 Å². The fraction of sp³-hybridized carbons (Fsp3) is 0.500.